The van der Waals surface area contributed by atoms with Crippen molar-refractivity contribution in [2.75, 3.05) is 18.5 Å². The van der Waals surface area contributed by atoms with Gasteiger partial charge in [0, 0.05) is 25.3 Å². The molecule has 0 spiro atoms. The molecular formula is C12H13N3O3. The average molecular weight is 247 g/mol. The number of nitro groups is 1. The Bertz CT molecular complexity index is 490. The third-order valence-electron chi connectivity index (χ3n) is 2.90. The van der Waals surface area contributed by atoms with Gasteiger partial charge >= 0.3 is 0 Å². The molecule has 0 bridgehead atoms. The zero-order chi connectivity index (χ0) is 13.0. The van der Waals surface area contributed by atoms with Crippen molar-refractivity contribution < 1.29 is 9.66 Å². The Morgan fingerprint density at radius 3 is 2.78 bits per heavy atom. The van der Waals surface area contributed by atoms with Gasteiger partial charge in [-0.2, -0.15) is 5.26 Å². The Hall–Kier alpha value is -2.13. The molecule has 1 aromatic rings. The smallest absolute Gasteiger partial charge is 0.293 e. The molecule has 0 saturated carbocycles. The number of nitriles is 1. The number of nitrogens with zero attached hydrogens (tertiary/aromatic N) is 2. The van der Waals surface area contributed by atoms with E-state index in [-0.39, 0.29) is 11.7 Å². The lowest BCUT2D eigenvalue weighted by Crippen LogP contribution is -2.28. The Morgan fingerprint density at radius 1 is 1.44 bits per heavy atom. The van der Waals surface area contributed by atoms with Crippen LogP contribution in [0, 0.1) is 21.4 Å². The van der Waals surface area contributed by atoms with Crippen molar-refractivity contribution in [1.29, 1.82) is 5.26 Å². The summed E-state index contributed by atoms with van der Waals surface area (Å²) in [6, 6.07) is 6.55. The van der Waals surface area contributed by atoms with E-state index in [0.717, 1.165) is 12.8 Å². The maximum atomic E-state index is 11.0. The van der Waals surface area contributed by atoms with E-state index in [9.17, 15) is 10.1 Å². The lowest BCUT2D eigenvalue weighted by atomic mass is 10.1. The maximum Gasteiger partial charge on any atom is 0.293 e. The van der Waals surface area contributed by atoms with Crippen molar-refractivity contribution in [2.24, 2.45) is 0 Å². The Balaban J connectivity index is 2.21. The first kappa shape index (κ1) is 12.3. The third kappa shape index (κ3) is 2.76. The molecule has 6 heteroatoms. The molecule has 1 N–H and O–H groups in total. The summed E-state index contributed by atoms with van der Waals surface area (Å²) in [6.45, 7) is 1.34. The zero-order valence-corrected chi connectivity index (χ0v) is 9.76. The summed E-state index contributed by atoms with van der Waals surface area (Å²) in [5, 5.41) is 22.9. The van der Waals surface area contributed by atoms with Crippen molar-refractivity contribution in [3.63, 3.8) is 0 Å². The molecular weight excluding hydrogens is 234 g/mol. The van der Waals surface area contributed by atoms with E-state index in [1.165, 1.54) is 6.07 Å². The summed E-state index contributed by atoms with van der Waals surface area (Å²) in [5.74, 6) is 0. The first-order valence-corrected chi connectivity index (χ1v) is 5.73. The molecule has 1 aromatic carbocycles. The van der Waals surface area contributed by atoms with Crippen LogP contribution >= 0.6 is 0 Å². The third-order valence-corrected chi connectivity index (χ3v) is 2.90. The molecule has 1 heterocycles. The van der Waals surface area contributed by atoms with Crippen LogP contribution in [0.2, 0.25) is 0 Å². The Labute approximate surface area is 104 Å². The van der Waals surface area contributed by atoms with Crippen molar-refractivity contribution in [1.82, 2.24) is 0 Å². The lowest BCUT2D eigenvalue weighted by molar-refractivity contribution is -0.384. The molecule has 0 amide bonds. The molecule has 0 aliphatic carbocycles. The number of hydrogen-bond acceptors (Lipinski definition) is 5. The molecule has 0 atom stereocenters. The van der Waals surface area contributed by atoms with Crippen LogP contribution in [-0.4, -0.2) is 24.2 Å². The summed E-state index contributed by atoms with van der Waals surface area (Å²) < 4.78 is 5.23. The molecule has 0 radical (unpaired) electrons. The summed E-state index contributed by atoms with van der Waals surface area (Å²) >= 11 is 0. The molecule has 6 nitrogen and oxygen atoms in total. The van der Waals surface area contributed by atoms with E-state index in [0.29, 0.717) is 24.5 Å². The minimum absolute atomic E-state index is 0.0551. The average Bonchev–Trinajstić information content (AvgIpc) is 2.40. The molecule has 2 rings (SSSR count). The van der Waals surface area contributed by atoms with Crippen LogP contribution in [0.3, 0.4) is 0 Å². The van der Waals surface area contributed by atoms with Crippen LogP contribution in [0.5, 0.6) is 0 Å². The number of ether oxygens (including phenoxy) is 1. The van der Waals surface area contributed by atoms with Gasteiger partial charge in [0.1, 0.15) is 5.69 Å². The van der Waals surface area contributed by atoms with Crippen molar-refractivity contribution in [3.8, 4) is 6.07 Å². The van der Waals surface area contributed by atoms with Crippen LogP contribution in [0.1, 0.15) is 18.4 Å². The number of hydrogen-bond donors (Lipinski definition) is 1. The van der Waals surface area contributed by atoms with Gasteiger partial charge in [-0.3, -0.25) is 10.1 Å². The molecule has 1 aliphatic heterocycles. The van der Waals surface area contributed by atoms with E-state index in [1.54, 1.807) is 12.1 Å². The number of nitro benzene ring substituents is 1. The van der Waals surface area contributed by atoms with E-state index in [2.05, 4.69) is 5.32 Å². The highest BCUT2D eigenvalue weighted by Crippen LogP contribution is 2.27. The Morgan fingerprint density at radius 2 is 2.17 bits per heavy atom. The van der Waals surface area contributed by atoms with Gasteiger partial charge in [0.25, 0.3) is 5.69 Å². The summed E-state index contributed by atoms with van der Waals surface area (Å²) in [7, 11) is 0. The highest BCUT2D eigenvalue weighted by molar-refractivity contribution is 5.64. The quantitative estimate of drug-likeness (QED) is 0.652. The number of nitrogens with one attached hydrogen (secondary N) is 1. The minimum atomic E-state index is -0.470. The second-order valence-electron chi connectivity index (χ2n) is 4.13. The monoisotopic (exact) mass is 247 g/mol. The minimum Gasteiger partial charge on any atom is -0.381 e. The van der Waals surface area contributed by atoms with Gasteiger partial charge in [-0.1, -0.05) is 0 Å². The highest BCUT2D eigenvalue weighted by atomic mass is 16.6. The normalized spacial score (nSPS) is 15.9. The zero-order valence-electron chi connectivity index (χ0n) is 9.76. The number of benzene rings is 1. The number of anilines is 1. The van der Waals surface area contributed by atoms with Crippen molar-refractivity contribution in [2.45, 2.75) is 18.9 Å². The first-order chi connectivity index (χ1) is 8.70. The van der Waals surface area contributed by atoms with Crippen LogP contribution < -0.4 is 5.32 Å². The molecule has 18 heavy (non-hydrogen) atoms. The van der Waals surface area contributed by atoms with Crippen molar-refractivity contribution >= 4 is 11.4 Å². The predicted molar refractivity (Wildman–Crippen MR) is 65.3 cm³/mol. The van der Waals surface area contributed by atoms with Gasteiger partial charge in [-0.25, -0.2) is 0 Å². The van der Waals surface area contributed by atoms with Gasteiger partial charge in [0.15, 0.2) is 0 Å². The highest BCUT2D eigenvalue weighted by Gasteiger charge is 2.19. The van der Waals surface area contributed by atoms with Gasteiger partial charge in [0.2, 0.25) is 0 Å². The van der Waals surface area contributed by atoms with E-state index in [4.69, 9.17) is 10.00 Å². The second kappa shape index (κ2) is 5.47. The molecule has 0 aromatic heterocycles. The second-order valence-corrected chi connectivity index (χ2v) is 4.13. The molecule has 1 fully saturated rings. The topological polar surface area (TPSA) is 88.2 Å². The standard InChI is InChI=1S/C12H13N3O3/c13-8-9-1-2-11(12(7-9)15(16)17)14-10-3-5-18-6-4-10/h1-2,7,10,14H,3-6H2. The Kier molecular flexibility index (Phi) is 3.75. The van der Waals surface area contributed by atoms with Gasteiger partial charge < -0.3 is 10.1 Å². The first-order valence-electron chi connectivity index (χ1n) is 5.73. The van der Waals surface area contributed by atoms with Gasteiger partial charge in [-0.05, 0) is 25.0 Å². The van der Waals surface area contributed by atoms with E-state index < -0.39 is 4.92 Å². The molecule has 1 aliphatic rings. The van der Waals surface area contributed by atoms with Crippen LogP contribution in [0.25, 0.3) is 0 Å². The summed E-state index contributed by atoms with van der Waals surface area (Å²) in [4.78, 5) is 10.5. The molecule has 1 saturated heterocycles. The fourth-order valence-corrected chi connectivity index (χ4v) is 1.94. The SMILES string of the molecule is N#Cc1ccc(NC2CCOCC2)c([N+](=O)[O-])c1. The largest absolute Gasteiger partial charge is 0.381 e. The fraction of sp³-hybridized carbons (Fsp3) is 0.417. The van der Waals surface area contributed by atoms with Crippen LogP contribution in [0.15, 0.2) is 18.2 Å². The van der Waals surface area contributed by atoms with E-state index in [1.807, 2.05) is 6.07 Å². The van der Waals surface area contributed by atoms with Crippen molar-refractivity contribution in [3.05, 3.63) is 33.9 Å². The molecule has 0 unspecified atom stereocenters. The number of rotatable bonds is 3. The summed E-state index contributed by atoms with van der Waals surface area (Å²) in [5.41, 5.74) is 0.700. The van der Waals surface area contributed by atoms with Gasteiger partial charge in [-0.15, -0.1) is 0 Å². The van der Waals surface area contributed by atoms with Gasteiger partial charge in [0.05, 0.1) is 16.6 Å². The lowest BCUT2D eigenvalue weighted by Gasteiger charge is -2.23. The fourth-order valence-electron chi connectivity index (χ4n) is 1.94. The van der Waals surface area contributed by atoms with E-state index >= 15 is 0 Å². The molecule has 94 valence electrons. The predicted octanol–water partition coefficient (Wildman–Crippen LogP) is 2.06. The van der Waals surface area contributed by atoms with Crippen LogP contribution in [-0.2, 0) is 4.74 Å². The van der Waals surface area contributed by atoms with Crippen LogP contribution in [0.4, 0.5) is 11.4 Å². The maximum absolute atomic E-state index is 11.0. The summed E-state index contributed by atoms with van der Waals surface area (Å²) in [6.07, 6.45) is 1.66.